The molecular formula is C21H32Cl2N2O. The third kappa shape index (κ3) is 4.74. The summed E-state index contributed by atoms with van der Waals surface area (Å²) in [6.07, 6.45) is 6.57. The molecule has 1 N–H and O–H groups in total. The van der Waals surface area contributed by atoms with Crippen molar-refractivity contribution in [1.29, 1.82) is 0 Å². The zero-order chi connectivity index (χ0) is 17.9. The van der Waals surface area contributed by atoms with Gasteiger partial charge in [-0.1, -0.05) is 37.6 Å². The molecule has 1 heterocycles. The van der Waals surface area contributed by atoms with Gasteiger partial charge in [-0.15, -0.1) is 12.4 Å². The monoisotopic (exact) mass is 398 g/mol. The van der Waals surface area contributed by atoms with Gasteiger partial charge in [0.05, 0.1) is 5.41 Å². The second kappa shape index (κ2) is 9.43. The summed E-state index contributed by atoms with van der Waals surface area (Å²) in [5.74, 6) is 1.21. The van der Waals surface area contributed by atoms with E-state index in [1.165, 1.54) is 12.8 Å². The lowest BCUT2D eigenvalue weighted by Gasteiger charge is -2.40. The highest BCUT2D eigenvalue weighted by atomic mass is 35.5. The maximum absolute atomic E-state index is 13.4. The molecule has 0 atom stereocenters. The van der Waals surface area contributed by atoms with Crippen molar-refractivity contribution in [3.63, 3.8) is 0 Å². The van der Waals surface area contributed by atoms with Crippen LogP contribution in [0.1, 0.15) is 57.9 Å². The summed E-state index contributed by atoms with van der Waals surface area (Å²) in [6, 6.07) is 8.43. The first-order valence-corrected chi connectivity index (χ1v) is 10.3. The van der Waals surface area contributed by atoms with E-state index >= 15 is 0 Å². The molecule has 3 rings (SSSR count). The van der Waals surface area contributed by atoms with Crippen LogP contribution in [0.15, 0.2) is 24.3 Å². The lowest BCUT2D eigenvalue weighted by molar-refractivity contribution is -0.139. The maximum atomic E-state index is 13.4. The van der Waals surface area contributed by atoms with Crippen molar-refractivity contribution in [3.05, 3.63) is 34.9 Å². The predicted molar refractivity (Wildman–Crippen MR) is 111 cm³/mol. The van der Waals surface area contributed by atoms with Crippen molar-refractivity contribution in [1.82, 2.24) is 10.2 Å². The summed E-state index contributed by atoms with van der Waals surface area (Å²) < 4.78 is 0. The Bertz CT molecular complexity index is 574. The van der Waals surface area contributed by atoms with Crippen LogP contribution < -0.4 is 5.32 Å². The highest BCUT2D eigenvalue weighted by molar-refractivity contribution is 6.30. The minimum atomic E-state index is -0.418. The fraction of sp³-hybridized carbons (Fsp3) is 0.667. The minimum Gasteiger partial charge on any atom is -0.342 e. The van der Waals surface area contributed by atoms with Gasteiger partial charge in [0.25, 0.3) is 0 Å². The number of amides is 1. The quantitative estimate of drug-likeness (QED) is 0.714. The van der Waals surface area contributed by atoms with Gasteiger partial charge in [0, 0.05) is 24.2 Å². The Morgan fingerprint density at radius 3 is 2.19 bits per heavy atom. The number of nitrogens with zero attached hydrogens (tertiary/aromatic N) is 1. The van der Waals surface area contributed by atoms with Crippen LogP contribution in [-0.2, 0) is 10.2 Å². The van der Waals surface area contributed by atoms with E-state index < -0.39 is 5.41 Å². The third-order valence-electron chi connectivity index (χ3n) is 6.19. The molecule has 1 saturated carbocycles. The summed E-state index contributed by atoms with van der Waals surface area (Å²) in [7, 11) is 0. The molecule has 3 nitrogen and oxygen atoms in total. The van der Waals surface area contributed by atoms with Crippen LogP contribution >= 0.6 is 24.0 Å². The van der Waals surface area contributed by atoms with Gasteiger partial charge in [0.1, 0.15) is 0 Å². The first kappa shape index (κ1) is 21.5. The van der Waals surface area contributed by atoms with E-state index in [0.29, 0.717) is 11.9 Å². The molecule has 5 heteroatoms. The second-order valence-electron chi connectivity index (χ2n) is 7.71. The number of likely N-dealkylation sites (tertiary alicyclic amines) is 1. The highest BCUT2D eigenvalue weighted by Gasteiger charge is 2.40. The van der Waals surface area contributed by atoms with E-state index in [-0.39, 0.29) is 12.4 Å². The Morgan fingerprint density at radius 2 is 1.69 bits per heavy atom. The molecule has 1 aromatic carbocycles. The van der Waals surface area contributed by atoms with Gasteiger partial charge in [-0.05, 0) is 68.7 Å². The lowest BCUT2D eigenvalue weighted by atomic mass is 9.74. The number of benzene rings is 1. The summed E-state index contributed by atoms with van der Waals surface area (Å²) >= 11 is 6.05. The summed E-state index contributed by atoms with van der Waals surface area (Å²) in [4.78, 5) is 15.5. The van der Waals surface area contributed by atoms with Crippen molar-refractivity contribution >= 4 is 29.9 Å². The Morgan fingerprint density at radius 1 is 1.12 bits per heavy atom. The maximum Gasteiger partial charge on any atom is 0.233 e. The fourth-order valence-electron chi connectivity index (χ4n) is 4.10. The molecule has 1 amide bonds. The van der Waals surface area contributed by atoms with Gasteiger partial charge >= 0.3 is 0 Å². The SMILES string of the molecule is CCC(CC)(C(=O)N1CCC(NCC2CC2)CC1)c1ccc(Cl)cc1.Cl. The first-order chi connectivity index (χ1) is 12.1. The molecule has 146 valence electrons. The molecule has 2 fully saturated rings. The average molecular weight is 399 g/mol. The molecular weight excluding hydrogens is 367 g/mol. The predicted octanol–water partition coefficient (Wildman–Crippen LogP) is 4.81. The number of rotatable bonds is 7. The van der Waals surface area contributed by atoms with Gasteiger partial charge in [-0.2, -0.15) is 0 Å². The molecule has 1 aliphatic carbocycles. The first-order valence-electron chi connectivity index (χ1n) is 9.88. The van der Waals surface area contributed by atoms with E-state index in [4.69, 9.17) is 11.6 Å². The number of hydrogen-bond donors (Lipinski definition) is 1. The highest BCUT2D eigenvalue weighted by Crippen LogP contribution is 2.35. The number of nitrogens with one attached hydrogen (secondary N) is 1. The fourth-order valence-corrected chi connectivity index (χ4v) is 4.22. The van der Waals surface area contributed by atoms with Crippen LogP contribution in [0.3, 0.4) is 0 Å². The standard InChI is InChI=1S/C21H31ClN2O.ClH/c1-3-21(4-2,17-7-9-18(22)10-8-17)20(25)24-13-11-19(12-14-24)23-15-16-5-6-16;/h7-10,16,19,23H,3-6,11-15H2,1-2H3;1H. The van der Waals surface area contributed by atoms with Crippen LogP contribution in [0.25, 0.3) is 0 Å². The molecule has 0 spiro atoms. The summed E-state index contributed by atoms with van der Waals surface area (Å²) in [5.41, 5.74) is 0.680. The van der Waals surface area contributed by atoms with E-state index in [1.54, 1.807) is 0 Å². The summed E-state index contributed by atoms with van der Waals surface area (Å²) in [5, 5.41) is 4.42. The van der Waals surface area contributed by atoms with Gasteiger partial charge < -0.3 is 10.2 Å². The molecule has 0 aromatic heterocycles. The van der Waals surface area contributed by atoms with Crippen molar-refractivity contribution in [2.75, 3.05) is 19.6 Å². The van der Waals surface area contributed by atoms with Gasteiger partial charge in [0.15, 0.2) is 0 Å². The van der Waals surface area contributed by atoms with Gasteiger partial charge in [0.2, 0.25) is 5.91 Å². The van der Waals surface area contributed by atoms with Crippen LogP contribution in [-0.4, -0.2) is 36.5 Å². The Kier molecular flexibility index (Phi) is 7.81. The zero-order valence-corrected chi connectivity index (χ0v) is 17.5. The molecule has 1 saturated heterocycles. The number of halogens is 2. The van der Waals surface area contributed by atoms with Crippen LogP contribution in [0.4, 0.5) is 0 Å². The Labute approximate surface area is 169 Å². The van der Waals surface area contributed by atoms with Crippen LogP contribution in [0.5, 0.6) is 0 Å². The molecule has 2 aliphatic rings. The van der Waals surface area contributed by atoms with Gasteiger partial charge in [-0.3, -0.25) is 4.79 Å². The van der Waals surface area contributed by atoms with Crippen molar-refractivity contribution < 1.29 is 4.79 Å². The van der Waals surface area contributed by atoms with Crippen molar-refractivity contribution in [2.24, 2.45) is 5.92 Å². The normalized spacial score (nSPS) is 18.5. The van der Waals surface area contributed by atoms with E-state index in [0.717, 1.165) is 61.8 Å². The number of carbonyl (C=O) groups is 1. The van der Waals surface area contributed by atoms with E-state index in [9.17, 15) is 4.79 Å². The second-order valence-corrected chi connectivity index (χ2v) is 8.15. The number of carbonyl (C=O) groups excluding carboxylic acids is 1. The minimum absolute atomic E-state index is 0. The number of hydrogen-bond acceptors (Lipinski definition) is 2. The smallest absolute Gasteiger partial charge is 0.233 e. The zero-order valence-electron chi connectivity index (χ0n) is 16.0. The van der Waals surface area contributed by atoms with Crippen LogP contribution in [0, 0.1) is 5.92 Å². The Hall–Kier alpha value is -0.770. The summed E-state index contributed by atoms with van der Waals surface area (Å²) in [6.45, 7) is 7.16. The van der Waals surface area contributed by atoms with Crippen molar-refractivity contribution in [2.45, 2.75) is 63.8 Å². The van der Waals surface area contributed by atoms with Gasteiger partial charge in [-0.25, -0.2) is 0 Å². The topological polar surface area (TPSA) is 32.3 Å². The lowest BCUT2D eigenvalue weighted by Crippen LogP contribution is -2.51. The molecule has 1 aliphatic heterocycles. The molecule has 26 heavy (non-hydrogen) atoms. The number of piperidine rings is 1. The van der Waals surface area contributed by atoms with Crippen molar-refractivity contribution in [3.8, 4) is 0 Å². The third-order valence-corrected chi connectivity index (χ3v) is 6.44. The molecule has 0 bridgehead atoms. The molecule has 0 unspecified atom stereocenters. The molecule has 0 radical (unpaired) electrons. The largest absolute Gasteiger partial charge is 0.342 e. The van der Waals surface area contributed by atoms with E-state index in [1.807, 2.05) is 24.3 Å². The van der Waals surface area contributed by atoms with Crippen LogP contribution in [0.2, 0.25) is 5.02 Å². The Balaban J connectivity index is 0.00000243. The van der Waals surface area contributed by atoms with E-state index in [2.05, 4.69) is 24.1 Å². The average Bonchev–Trinajstić information content (AvgIpc) is 3.47. The molecule has 1 aromatic rings.